The number of carboxylic acid groups (broad SMARTS) is 1. The van der Waals surface area contributed by atoms with E-state index in [0.717, 1.165) is 17.7 Å². The van der Waals surface area contributed by atoms with Crippen LogP contribution in [0.5, 0.6) is 0 Å². The molecule has 0 amide bonds. The third-order valence-corrected chi connectivity index (χ3v) is 5.08. The van der Waals surface area contributed by atoms with Crippen LogP contribution in [0.4, 0.5) is 0 Å². The zero-order valence-corrected chi connectivity index (χ0v) is 13.3. The molecule has 2 heterocycles. The maximum atomic E-state index is 10.8. The largest absolute Gasteiger partial charge is 0.481 e. The van der Waals surface area contributed by atoms with E-state index in [-0.39, 0.29) is 10.5 Å². The van der Waals surface area contributed by atoms with Gasteiger partial charge in [-0.2, -0.15) is 11.8 Å². The van der Waals surface area contributed by atoms with Crippen molar-refractivity contribution < 1.29 is 9.90 Å². The number of nitrogens with zero attached hydrogens (tertiary/aromatic N) is 3. The molecule has 0 spiro atoms. The number of imidazole rings is 1. The lowest BCUT2D eigenvalue weighted by Crippen LogP contribution is -2.23. The minimum absolute atomic E-state index is 0.00299. The van der Waals surface area contributed by atoms with Gasteiger partial charge in [-0.15, -0.1) is 0 Å². The summed E-state index contributed by atoms with van der Waals surface area (Å²) in [4.78, 5) is 19.6. The second-order valence-corrected chi connectivity index (χ2v) is 7.43. The molecule has 0 saturated heterocycles. The Hall–Kier alpha value is -1.21. The number of hydrogen-bond donors (Lipinski definition) is 1. The normalized spacial score (nSPS) is 11.9. The number of fused-ring (bicyclic) bond motifs is 1. The van der Waals surface area contributed by atoms with E-state index >= 15 is 0 Å². The van der Waals surface area contributed by atoms with Crippen molar-refractivity contribution in [1.29, 1.82) is 0 Å². The summed E-state index contributed by atoms with van der Waals surface area (Å²) in [6.45, 7) is 5.04. The molecule has 0 fully saturated rings. The maximum Gasteiger partial charge on any atom is 0.313 e. The predicted octanol–water partition coefficient (Wildman–Crippen LogP) is 2.75. The third-order valence-electron chi connectivity index (χ3n) is 2.88. The van der Waals surface area contributed by atoms with Crippen LogP contribution in [-0.2, 0) is 11.3 Å². The van der Waals surface area contributed by atoms with Crippen LogP contribution in [0.3, 0.4) is 0 Å². The molecular weight excluding hydrogens is 294 g/mol. The van der Waals surface area contributed by atoms with E-state index in [4.69, 9.17) is 5.11 Å². The van der Waals surface area contributed by atoms with E-state index in [9.17, 15) is 4.79 Å². The Balaban J connectivity index is 2.41. The number of carbonyl (C=O) groups is 1. The van der Waals surface area contributed by atoms with E-state index in [0.29, 0.717) is 5.16 Å². The summed E-state index contributed by atoms with van der Waals surface area (Å²) in [5, 5.41) is 9.55. The summed E-state index contributed by atoms with van der Waals surface area (Å²) < 4.78 is 2.04. The van der Waals surface area contributed by atoms with Crippen LogP contribution in [0, 0.1) is 0 Å². The molecule has 0 radical (unpaired) electrons. The number of pyridine rings is 1. The van der Waals surface area contributed by atoms with E-state index in [2.05, 4.69) is 30.1 Å². The van der Waals surface area contributed by atoms with Crippen LogP contribution >= 0.6 is 23.5 Å². The third kappa shape index (κ3) is 3.46. The van der Waals surface area contributed by atoms with Crippen LogP contribution in [0.15, 0.2) is 23.5 Å². The summed E-state index contributed by atoms with van der Waals surface area (Å²) in [5.74, 6) is -0.839. The van der Waals surface area contributed by atoms with Gasteiger partial charge in [0.05, 0.1) is 5.75 Å². The first-order chi connectivity index (χ1) is 9.43. The van der Waals surface area contributed by atoms with Gasteiger partial charge in [0.1, 0.15) is 5.52 Å². The van der Waals surface area contributed by atoms with Crippen LogP contribution in [-0.4, -0.2) is 42.4 Å². The molecule has 0 aliphatic rings. The van der Waals surface area contributed by atoms with Crippen LogP contribution in [0.25, 0.3) is 11.2 Å². The summed E-state index contributed by atoms with van der Waals surface area (Å²) in [6, 6.07) is 3.74. The van der Waals surface area contributed by atoms with Gasteiger partial charge in [0, 0.05) is 17.5 Å². The molecule has 7 heteroatoms. The Morgan fingerprint density at radius 1 is 1.50 bits per heavy atom. The first-order valence-electron chi connectivity index (χ1n) is 6.14. The Morgan fingerprint density at radius 2 is 2.25 bits per heavy atom. The van der Waals surface area contributed by atoms with Gasteiger partial charge in [0.15, 0.2) is 10.8 Å². The Bertz CT molecular complexity index is 625. The summed E-state index contributed by atoms with van der Waals surface area (Å²) in [6.07, 6.45) is 3.80. The highest BCUT2D eigenvalue weighted by Crippen LogP contribution is 2.29. The quantitative estimate of drug-likeness (QED) is 0.827. The van der Waals surface area contributed by atoms with E-state index in [1.54, 1.807) is 18.0 Å². The summed E-state index contributed by atoms with van der Waals surface area (Å²) >= 11 is 3.00. The average molecular weight is 311 g/mol. The fourth-order valence-corrected chi connectivity index (χ4v) is 2.74. The van der Waals surface area contributed by atoms with Crippen LogP contribution < -0.4 is 0 Å². The smallest absolute Gasteiger partial charge is 0.313 e. The van der Waals surface area contributed by atoms with E-state index in [1.807, 2.05) is 16.7 Å². The van der Waals surface area contributed by atoms with E-state index in [1.165, 1.54) is 11.8 Å². The first kappa shape index (κ1) is 15.2. The van der Waals surface area contributed by atoms with Crippen molar-refractivity contribution in [3.8, 4) is 0 Å². The maximum absolute atomic E-state index is 10.8. The monoisotopic (exact) mass is 311 g/mol. The number of rotatable bonds is 6. The van der Waals surface area contributed by atoms with Gasteiger partial charge >= 0.3 is 5.97 Å². The van der Waals surface area contributed by atoms with Gasteiger partial charge in [-0.1, -0.05) is 11.8 Å². The second kappa shape index (κ2) is 6.05. The van der Waals surface area contributed by atoms with Gasteiger partial charge in [0.25, 0.3) is 0 Å². The molecule has 0 unspecified atom stereocenters. The molecule has 0 aromatic carbocycles. The summed E-state index contributed by atoms with van der Waals surface area (Å²) in [5.41, 5.74) is 1.61. The van der Waals surface area contributed by atoms with Gasteiger partial charge in [-0.3, -0.25) is 4.79 Å². The van der Waals surface area contributed by atoms with Crippen molar-refractivity contribution in [3.63, 3.8) is 0 Å². The predicted molar refractivity (Wildman–Crippen MR) is 83.5 cm³/mol. The SMILES string of the molecule is CSC(C)(C)Cn1c(SCC(=O)O)nc2cccnc21. The highest BCUT2D eigenvalue weighted by molar-refractivity contribution is 8.00. The van der Waals surface area contributed by atoms with Crippen molar-refractivity contribution in [2.24, 2.45) is 0 Å². The molecule has 0 saturated carbocycles. The Labute approximate surface area is 126 Å². The zero-order valence-electron chi connectivity index (χ0n) is 11.7. The fourth-order valence-electron chi connectivity index (χ4n) is 1.76. The van der Waals surface area contributed by atoms with Crippen molar-refractivity contribution in [3.05, 3.63) is 18.3 Å². The van der Waals surface area contributed by atoms with Crippen molar-refractivity contribution in [2.75, 3.05) is 12.0 Å². The number of carboxylic acids is 1. The molecule has 0 bridgehead atoms. The van der Waals surface area contributed by atoms with Crippen LogP contribution in [0.1, 0.15) is 13.8 Å². The molecule has 2 rings (SSSR count). The standard InChI is InChI=1S/C13H17N3O2S2/c1-13(2,19-3)8-16-11-9(5-4-6-14-11)15-12(16)20-7-10(17)18/h4-6H,7-8H2,1-3H3,(H,17,18). The van der Waals surface area contributed by atoms with Gasteiger partial charge < -0.3 is 9.67 Å². The van der Waals surface area contributed by atoms with Gasteiger partial charge in [-0.25, -0.2) is 9.97 Å². The Kier molecular flexibility index (Phi) is 4.59. The lowest BCUT2D eigenvalue weighted by atomic mass is 10.2. The molecule has 2 aromatic heterocycles. The van der Waals surface area contributed by atoms with Gasteiger partial charge in [0.2, 0.25) is 0 Å². The molecule has 108 valence electrons. The fraction of sp³-hybridized carbons (Fsp3) is 0.462. The highest BCUT2D eigenvalue weighted by atomic mass is 32.2. The number of hydrogen-bond acceptors (Lipinski definition) is 5. The zero-order chi connectivity index (χ0) is 14.8. The first-order valence-corrected chi connectivity index (χ1v) is 8.35. The minimum atomic E-state index is -0.842. The molecule has 1 N–H and O–H groups in total. The molecule has 20 heavy (non-hydrogen) atoms. The number of aliphatic carboxylic acids is 1. The van der Waals surface area contributed by atoms with Crippen molar-refractivity contribution in [1.82, 2.24) is 14.5 Å². The molecule has 5 nitrogen and oxygen atoms in total. The lowest BCUT2D eigenvalue weighted by molar-refractivity contribution is -0.133. The molecule has 0 aliphatic heterocycles. The summed E-state index contributed by atoms with van der Waals surface area (Å²) in [7, 11) is 0. The highest BCUT2D eigenvalue weighted by Gasteiger charge is 2.22. The van der Waals surface area contributed by atoms with E-state index < -0.39 is 5.97 Å². The lowest BCUT2D eigenvalue weighted by Gasteiger charge is -2.23. The molecule has 0 atom stereocenters. The molecule has 2 aromatic rings. The average Bonchev–Trinajstić information content (AvgIpc) is 2.74. The number of thioether (sulfide) groups is 2. The molecular formula is C13H17N3O2S2. The van der Waals surface area contributed by atoms with Crippen molar-refractivity contribution in [2.45, 2.75) is 30.3 Å². The number of aromatic nitrogens is 3. The van der Waals surface area contributed by atoms with Gasteiger partial charge in [-0.05, 0) is 32.2 Å². The second-order valence-electron chi connectivity index (χ2n) is 4.97. The molecule has 0 aliphatic carbocycles. The van der Waals surface area contributed by atoms with Crippen molar-refractivity contribution >= 4 is 40.7 Å². The topological polar surface area (TPSA) is 68.0 Å². The minimum Gasteiger partial charge on any atom is -0.481 e. The Morgan fingerprint density at radius 3 is 2.90 bits per heavy atom. The van der Waals surface area contributed by atoms with Crippen LogP contribution in [0.2, 0.25) is 0 Å².